The smallest absolute Gasteiger partial charge is 0.156 e. The maximum atomic E-state index is 5.33. The summed E-state index contributed by atoms with van der Waals surface area (Å²) in [5.74, 6) is 1.41. The zero-order chi connectivity index (χ0) is 39.3. The minimum atomic E-state index is 0.278. The van der Waals surface area contributed by atoms with Crippen molar-refractivity contribution >= 4 is 44.2 Å². The lowest BCUT2D eigenvalue weighted by Gasteiger charge is -2.28. The van der Waals surface area contributed by atoms with Crippen LogP contribution in [0.3, 0.4) is 0 Å². The lowest BCUT2D eigenvalue weighted by atomic mass is 9.77. The third kappa shape index (κ3) is 7.92. The van der Waals surface area contributed by atoms with Gasteiger partial charge in [-0.25, -0.2) is 9.98 Å². The van der Waals surface area contributed by atoms with Crippen molar-refractivity contribution in [2.24, 2.45) is 21.8 Å². The SMILES string of the molecule is C=C(/N=C(\N=C(/C)c1cc2ccccc2s1)C1=CC=CCC1C1C=CC=CC1)c1ccc(-c2cc(C3=CC=CCC3)c(-c3ccccc3)c(-c3ccccc3)c2)cc1. The van der Waals surface area contributed by atoms with Crippen LogP contribution in [-0.4, -0.2) is 11.5 Å². The minimum absolute atomic E-state index is 0.278. The number of hydrogen-bond donors (Lipinski definition) is 0. The molecule has 0 fully saturated rings. The third-order valence-corrected chi connectivity index (χ3v) is 12.7. The molecule has 0 spiro atoms. The Hall–Kier alpha value is -6.42. The molecule has 0 bridgehead atoms. The fourth-order valence-corrected chi connectivity index (χ4v) is 9.42. The van der Waals surface area contributed by atoms with Gasteiger partial charge >= 0.3 is 0 Å². The number of amidine groups is 1. The standard InChI is InChI=1S/C55H46N2S/c1-38(56-55(49-29-17-16-28-48(49)42-19-7-3-8-20-42)57-39(2)53-37-46-27-15-18-30-52(46)58-53)40-31-33-41(34-32-40)47-35-50(43-21-9-4-10-22-43)54(45-25-13-6-14-26-45)51(36-47)44-23-11-5-12-24-44/h3-11,13-19,21-23,25-27,29-37,42,48H,1,12,20,24,28H2,2H3/b56-55-,57-39+. The molecular weight excluding hydrogens is 721 g/mol. The molecule has 0 aliphatic heterocycles. The van der Waals surface area contributed by atoms with Crippen LogP contribution in [-0.2, 0) is 0 Å². The van der Waals surface area contributed by atoms with Gasteiger partial charge in [0.1, 0.15) is 0 Å². The maximum absolute atomic E-state index is 5.33. The third-order valence-electron chi connectivity index (χ3n) is 11.5. The first-order valence-electron chi connectivity index (χ1n) is 20.4. The molecular formula is C55H46N2S. The van der Waals surface area contributed by atoms with Gasteiger partial charge in [-0.1, -0.05) is 170 Å². The zero-order valence-corrected chi connectivity index (χ0v) is 33.7. The number of thiophene rings is 1. The van der Waals surface area contributed by atoms with E-state index in [1.165, 1.54) is 49.0 Å². The van der Waals surface area contributed by atoms with Crippen molar-refractivity contribution in [3.63, 3.8) is 0 Å². The summed E-state index contributed by atoms with van der Waals surface area (Å²) in [7, 11) is 0. The summed E-state index contributed by atoms with van der Waals surface area (Å²) < 4.78 is 1.26. The number of fused-ring (bicyclic) bond motifs is 1. The average Bonchev–Trinajstić information content (AvgIpc) is 3.75. The molecule has 9 rings (SSSR count). The van der Waals surface area contributed by atoms with E-state index in [0.717, 1.165) is 58.8 Å². The highest BCUT2D eigenvalue weighted by atomic mass is 32.1. The van der Waals surface area contributed by atoms with Crippen LogP contribution in [0.1, 0.15) is 48.6 Å². The highest BCUT2D eigenvalue weighted by molar-refractivity contribution is 7.20. The summed E-state index contributed by atoms with van der Waals surface area (Å²) in [6.07, 6.45) is 26.4. The predicted molar refractivity (Wildman–Crippen MR) is 251 cm³/mol. The van der Waals surface area contributed by atoms with E-state index in [4.69, 9.17) is 9.98 Å². The zero-order valence-electron chi connectivity index (χ0n) is 32.9. The average molecular weight is 767 g/mol. The molecule has 0 N–H and O–H groups in total. The van der Waals surface area contributed by atoms with Gasteiger partial charge in [-0.2, -0.15) is 0 Å². The summed E-state index contributed by atoms with van der Waals surface area (Å²) in [5, 5.41) is 1.24. The molecule has 2 atom stereocenters. The van der Waals surface area contributed by atoms with Crippen LogP contribution >= 0.6 is 11.3 Å². The fraction of sp³-hybridized carbons (Fsp3) is 0.127. The van der Waals surface area contributed by atoms with Crippen molar-refractivity contribution in [1.29, 1.82) is 0 Å². The summed E-state index contributed by atoms with van der Waals surface area (Å²) in [5.41, 5.74) is 13.7. The Bertz CT molecular complexity index is 2700. The summed E-state index contributed by atoms with van der Waals surface area (Å²) in [4.78, 5) is 11.8. The molecule has 1 aromatic heterocycles. The largest absolute Gasteiger partial charge is 0.232 e. The number of allylic oxidation sites excluding steroid dienone is 11. The molecule has 6 aromatic rings. The molecule has 5 aromatic carbocycles. The van der Waals surface area contributed by atoms with Gasteiger partial charge in [-0.05, 0) is 124 Å². The molecule has 0 amide bonds. The topological polar surface area (TPSA) is 24.7 Å². The van der Waals surface area contributed by atoms with Gasteiger partial charge in [0.05, 0.1) is 11.4 Å². The first-order chi connectivity index (χ1) is 28.6. The van der Waals surface area contributed by atoms with Crippen LogP contribution in [0.4, 0.5) is 0 Å². The van der Waals surface area contributed by atoms with Crippen LogP contribution in [0.2, 0.25) is 0 Å². The lowest BCUT2D eigenvalue weighted by Crippen LogP contribution is -2.22. The maximum Gasteiger partial charge on any atom is 0.156 e. The predicted octanol–water partition coefficient (Wildman–Crippen LogP) is 15.1. The number of hydrogen-bond acceptors (Lipinski definition) is 2. The van der Waals surface area contributed by atoms with E-state index >= 15 is 0 Å². The van der Waals surface area contributed by atoms with Gasteiger partial charge in [0.15, 0.2) is 5.84 Å². The van der Waals surface area contributed by atoms with Gasteiger partial charge in [0, 0.05) is 15.2 Å². The van der Waals surface area contributed by atoms with Crippen molar-refractivity contribution in [2.45, 2.75) is 32.6 Å². The van der Waals surface area contributed by atoms with E-state index in [2.05, 4.69) is 202 Å². The van der Waals surface area contributed by atoms with Gasteiger partial charge in [-0.3, -0.25) is 0 Å². The second-order valence-electron chi connectivity index (χ2n) is 15.2. The Kier molecular flexibility index (Phi) is 10.9. The van der Waals surface area contributed by atoms with Gasteiger partial charge in [0.2, 0.25) is 0 Å². The Morgan fingerprint density at radius 3 is 2.10 bits per heavy atom. The van der Waals surface area contributed by atoms with Crippen molar-refractivity contribution < 1.29 is 0 Å². The molecule has 3 heteroatoms. The van der Waals surface area contributed by atoms with E-state index in [1.54, 1.807) is 11.3 Å². The van der Waals surface area contributed by atoms with Crippen LogP contribution in [0.15, 0.2) is 210 Å². The fourth-order valence-electron chi connectivity index (χ4n) is 8.42. The van der Waals surface area contributed by atoms with Gasteiger partial charge in [0.25, 0.3) is 0 Å². The molecule has 0 saturated carbocycles. The highest BCUT2D eigenvalue weighted by Crippen LogP contribution is 2.43. The summed E-state index contributed by atoms with van der Waals surface area (Å²) in [6, 6.07) is 45.9. The highest BCUT2D eigenvalue weighted by Gasteiger charge is 2.27. The summed E-state index contributed by atoms with van der Waals surface area (Å²) >= 11 is 1.78. The Labute approximate surface area is 346 Å². The van der Waals surface area contributed by atoms with Crippen molar-refractivity contribution in [2.75, 3.05) is 0 Å². The molecule has 58 heavy (non-hydrogen) atoms. The van der Waals surface area contributed by atoms with Crippen molar-refractivity contribution in [3.05, 3.63) is 216 Å². The molecule has 1 heterocycles. The van der Waals surface area contributed by atoms with Gasteiger partial charge < -0.3 is 0 Å². The van der Waals surface area contributed by atoms with Crippen molar-refractivity contribution in [3.8, 4) is 33.4 Å². The lowest BCUT2D eigenvalue weighted by molar-refractivity contribution is 0.465. The minimum Gasteiger partial charge on any atom is -0.232 e. The Morgan fingerprint density at radius 2 is 1.36 bits per heavy atom. The first-order valence-corrected chi connectivity index (χ1v) is 21.2. The quantitative estimate of drug-likeness (QED) is 0.103. The summed E-state index contributed by atoms with van der Waals surface area (Å²) in [6.45, 7) is 6.66. The Morgan fingerprint density at radius 1 is 0.638 bits per heavy atom. The molecule has 282 valence electrons. The number of benzene rings is 5. The van der Waals surface area contributed by atoms with E-state index in [9.17, 15) is 0 Å². The van der Waals surface area contributed by atoms with Crippen LogP contribution in [0.25, 0.3) is 54.7 Å². The normalized spacial score (nSPS) is 18.0. The van der Waals surface area contributed by atoms with E-state index in [-0.39, 0.29) is 5.92 Å². The van der Waals surface area contributed by atoms with Crippen molar-refractivity contribution in [1.82, 2.24) is 0 Å². The van der Waals surface area contributed by atoms with E-state index < -0.39 is 0 Å². The van der Waals surface area contributed by atoms with E-state index in [1.807, 2.05) is 0 Å². The number of nitrogens with zero attached hydrogens (tertiary/aromatic N) is 2. The molecule has 2 unspecified atom stereocenters. The number of rotatable bonds is 9. The van der Waals surface area contributed by atoms with Gasteiger partial charge in [-0.15, -0.1) is 11.3 Å². The second kappa shape index (κ2) is 17.0. The first kappa shape index (κ1) is 37.2. The molecule has 3 aliphatic rings. The molecule has 0 saturated heterocycles. The number of aliphatic imine (C=N–C) groups is 2. The van der Waals surface area contributed by atoms with Crippen LogP contribution in [0.5, 0.6) is 0 Å². The second-order valence-corrected chi connectivity index (χ2v) is 16.3. The molecule has 3 aliphatic carbocycles. The van der Waals surface area contributed by atoms with Crippen LogP contribution < -0.4 is 0 Å². The van der Waals surface area contributed by atoms with E-state index in [0.29, 0.717) is 11.6 Å². The monoisotopic (exact) mass is 766 g/mol. The molecule has 0 radical (unpaired) electrons. The van der Waals surface area contributed by atoms with Crippen LogP contribution in [0, 0.1) is 11.8 Å². The Balaban J connectivity index is 1.11. The molecule has 2 nitrogen and oxygen atoms in total.